The van der Waals surface area contributed by atoms with Gasteiger partial charge in [-0.05, 0) is 141 Å². The van der Waals surface area contributed by atoms with Gasteiger partial charge in [0, 0.05) is 18.8 Å². The molecule has 0 spiro atoms. The molecule has 4 aliphatic carbocycles. The maximum absolute atomic E-state index is 13.0. The molecular formula is C36H56N2O6S. The van der Waals surface area contributed by atoms with Crippen LogP contribution in [-0.4, -0.2) is 56.6 Å². The third-order valence-electron chi connectivity index (χ3n) is 13.7. The Labute approximate surface area is 270 Å². The number of anilines is 1. The minimum atomic E-state index is -4.04. The van der Waals surface area contributed by atoms with E-state index in [0.717, 1.165) is 83.0 Å². The van der Waals surface area contributed by atoms with Gasteiger partial charge in [0.15, 0.2) is 0 Å². The largest absolute Gasteiger partial charge is 0.449 e. The van der Waals surface area contributed by atoms with Crippen molar-refractivity contribution in [1.29, 1.82) is 0 Å². The summed E-state index contributed by atoms with van der Waals surface area (Å²) in [6.45, 7) is 11.3. The molecule has 9 heteroatoms. The Kier molecular flexibility index (Phi) is 9.29. The summed E-state index contributed by atoms with van der Waals surface area (Å²) in [5.74, 6) is 2.16. The minimum Gasteiger partial charge on any atom is -0.449 e. The van der Waals surface area contributed by atoms with Gasteiger partial charge >= 0.3 is 6.09 Å². The van der Waals surface area contributed by atoms with Gasteiger partial charge in [-0.15, -0.1) is 0 Å². The molecule has 4 saturated carbocycles. The maximum atomic E-state index is 13.0. The Hall–Kier alpha value is -1.84. The number of sulfonamides is 1. The number of aliphatic hydroxyl groups is 2. The monoisotopic (exact) mass is 644 g/mol. The quantitative estimate of drug-likeness (QED) is 0.317. The van der Waals surface area contributed by atoms with Gasteiger partial charge in [-0.25, -0.2) is 17.9 Å². The summed E-state index contributed by atoms with van der Waals surface area (Å²) in [6, 6.07) is 6.73. The van der Waals surface area contributed by atoms with Crippen LogP contribution in [0.15, 0.2) is 29.2 Å². The van der Waals surface area contributed by atoms with Crippen molar-refractivity contribution >= 4 is 21.8 Å². The number of nitrogens with one attached hydrogen (secondary N) is 1. The number of nitrogens with zero attached hydrogens (tertiary/aromatic N) is 1. The fraction of sp³-hybridized carbons (Fsp3) is 0.806. The lowest BCUT2D eigenvalue weighted by molar-refractivity contribution is -0.203. The summed E-state index contributed by atoms with van der Waals surface area (Å²) >= 11 is 0. The van der Waals surface area contributed by atoms with E-state index in [1.807, 2.05) is 12.1 Å². The summed E-state index contributed by atoms with van der Waals surface area (Å²) in [5, 5.41) is 22.5. The second-order valence-electron chi connectivity index (χ2n) is 15.8. The summed E-state index contributed by atoms with van der Waals surface area (Å²) < 4.78 is 33.6. The number of rotatable bonds is 7. The van der Waals surface area contributed by atoms with Crippen LogP contribution in [0.4, 0.5) is 10.5 Å². The molecule has 252 valence electrons. The molecule has 6 rings (SSSR count). The van der Waals surface area contributed by atoms with Gasteiger partial charge in [0.2, 0.25) is 0 Å². The van der Waals surface area contributed by atoms with Gasteiger partial charge in [-0.1, -0.05) is 34.1 Å². The van der Waals surface area contributed by atoms with Gasteiger partial charge in [-0.2, -0.15) is 0 Å². The maximum Gasteiger partial charge on any atom is 0.421 e. The topological polar surface area (TPSA) is 116 Å². The molecular weight excluding hydrogens is 588 g/mol. The summed E-state index contributed by atoms with van der Waals surface area (Å²) in [5.41, 5.74) is 1.20. The Balaban J connectivity index is 1.08. The standard InChI is InChI=1S/C36H56N2O6S/c1-5-27-31-21-25(39)15-17-36(31,4)30-16-18-35(3)28(13-14-29(35)32(30)33(27)40)23(2)22-44-34(41)37-45(42,43)26-11-9-24(10-12-26)38-19-7-6-8-20-38/h9-12,23,25,27-33,39-40H,5-8,13-22H2,1-4H3,(H,37,41)/t23-,25-,27-,28-,29+,30+,31+,32+,33-,35-,36-/m1/s1. The smallest absolute Gasteiger partial charge is 0.421 e. The van der Waals surface area contributed by atoms with Crippen molar-refractivity contribution in [2.45, 2.75) is 115 Å². The normalized spacial score (nSPS) is 40.5. The van der Waals surface area contributed by atoms with E-state index in [4.69, 9.17) is 4.74 Å². The average molecular weight is 645 g/mol. The first-order valence-electron chi connectivity index (χ1n) is 17.8. The predicted octanol–water partition coefficient (Wildman–Crippen LogP) is 6.35. The number of ether oxygens (including phenoxy) is 1. The van der Waals surface area contributed by atoms with E-state index < -0.39 is 16.1 Å². The van der Waals surface area contributed by atoms with Crippen LogP contribution in [0.3, 0.4) is 0 Å². The zero-order chi connectivity index (χ0) is 32.1. The fourth-order valence-corrected chi connectivity index (χ4v) is 12.3. The molecule has 1 aromatic rings. The molecule has 1 heterocycles. The van der Waals surface area contributed by atoms with Crippen molar-refractivity contribution in [3.8, 4) is 0 Å². The van der Waals surface area contributed by atoms with Crippen molar-refractivity contribution in [2.24, 2.45) is 52.3 Å². The van der Waals surface area contributed by atoms with Crippen LogP contribution >= 0.6 is 0 Å². The fourth-order valence-electron chi connectivity index (χ4n) is 11.4. The second-order valence-corrected chi connectivity index (χ2v) is 17.5. The molecule has 0 unspecified atom stereocenters. The highest BCUT2D eigenvalue weighted by molar-refractivity contribution is 7.90. The molecule has 0 aromatic heterocycles. The van der Waals surface area contributed by atoms with E-state index in [2.05, 4.69) is 37.3 Å². The Morgan fingerprint density at radius 1 is 0.978 bits per heavy atom. The number of hydrogen-bond donors (Lipinski definition) is 3. The number of fused-ring (bicyclic) bond motifs is 5. The number of benzene rings is 1. The lowest BCUT2D eigenvalue weighted by Crippen LogP contribution is -2.62. The Morgan fingerprint density at radius 3 is 2.33 bits per heavy atom. The van der Waals surface area contributed by atoms with Crippen LogP contribution in [-0.2, 0) is 14.8 Å². The summed E-state index contributed by atoms with van der Waals surface area (Å²) in [7, 11) is -4.04. The lowest BCUT2D eigenvalue weighted by atomic mass is 9.41. The molecule has 5 fully saturated rings. The van der Waals surface area contributed by atoms with E-state index in [-0.39, 0.29) is 52.3 Å². The molecule has 8 nitrogen and oxygen atoms in total. The van der Waals surface area contributed by atoms with Crippen molar-refractivity contribution in [3.05, 3.63) is 24.3 Å². The molecule has 0 bridgehead atoms. The number of aliphatic hydroxyl groups excluding tert-OH is 2. The number of hydrogen-bond acceptors (Lipinski definition) is 7. The molecule has 1 amide bonds. The average Bonchev–Trinajstić information content (AvgIpc) is 3.38. The highest BCUT2D eigenvalue weighted by atomic mass is 32.2. The number of amides is 1. The number of carbonyl (C=O) groups is 1. The Bertz CT molecular complexity index is 1320. The van der Waals surface area contributed by atoms with E-state index in [9.17, 15) is 23.4 Å². The summed E-state index contributed by atoms with van der Waals surface area (Å²) in [6.07, 6.45) is 9.92. The molecule has 1 saturated heterocycles. The third kappa shape index (κ3) is 5.92. The molecule has 0 radical (unpaired) electrons. The lowest BCUT2D eigenvalue weighted by Gasteiger charge is -2.64. The highest BCUT2D eigenvalue weighted by Gasteiger charge is 2.65. The zero-order valence-electron chi connectivity index (χ0n) is 27.8. The van der Waals surface area contributed by atoms with Gasteiger partial charge in [0.1, 0.15) is 0 Å². The molecule has 11 atom stereocenters. The van der Waals surface area contributed by atoms with Gasteiger partial charge < -0.3 is 19.8 Å². The zero-order valence-corrected chi connectivity index (χ0v) is 28.6. The van der Waals surface area contributed by atoms with Gasteiger partial charge in [0.05, 0.1) is 23.7 Å². The van der Waals surface area contributed by atoms with Crippen molar-refractivity contribution in [3.63, 3.8) is 0 Å². The van der Waals surface area contributed by atoms with Crippen LogP contribution in [0.5, 0.6) is 0 Å². The summed E-state index contributed by atoms with van der Waals surface area (Å²) in [4.78, 5) is 15.1. The SMILES string of the molecule is CC[C@H]1[C@@H](O)[C@@H]2[C@H](CC[C@]3(C)[C@@H]([C@H](C)COC(=O)NS(=O)(=O)c4ccc(N5CCCCC5)cc4)CC[C@@H]23)[C@@]2(C)CC[C@@H](O)C[C@@H]12. The molecule has 5 aliphatic rings. The van der Waals surface area contributed by atoms with Crippen molar-refractivity contribution in [1.82, 2.24) is 4.72 Å². The minimum absolute atomic E-state index is 0.0409. The highest BCUT2D eigenvalue weighted by Crippen LogP contribution is 2.69. The molecule has 1 aromatic carbocycles. The second kappa shape index (κ2) is 12.6. The van der Waals surface area contributed by atoms with Crippen LogP contribution < -0.4 is 9.62 Å². The number of carbonyl (C=O) groups excluding carboxylic acids is 1. The first-order valence-corrected chi connectivity index (χ1v) is 19.3. The van der Waals surface area contributed by atoms with Gasteiger partial charge in [0.25, 0.3) is 10.0 Å². The number of piperidine rings is 1. The van der Waals surface area contributed by atoms with Gasteiger partial charge in [-0.3, -0.25) is 0 Å². The first-order chi connectivity index (χ1) is 21.4. The Morgan fingerprint density at radius 2 is 1.64 bits per heavy atom. The first kappa shape index (κ1) is 33.1. The van der Waals surface area contributed by atoms with Crippen LogP contribution in [0.1, 0.15) is 98.3 Å². The third-order valence-corrected chi connectivity index (χ3v) is 15.0. The molecule has 1 aliphatic heterocycles. The van der Waals surface area contributed by atoms with E-state index in [1.54, 1.807) is 12.1 Å². The van der Waals surface area contributed by atoms with E-state index in [1.165, 1.54) is 6.42 Å². The van der Waals surface area contributed by atoms with Crippen molar-refractivity contribution in [2.75, 3.05) is 24.6 Å². The molecule has 45 heavy (non-hydrogen) atoms. The van der Waals surface area contributed by atoms with Crippen LogP contribution in [0, 0.1) is 52.3 Å². The predicted molar refractivity (Wildman–Crippen MR) is 175 cm³/mol. The van der Waals surface area contributed by atoms with E-state index >= 15 is 0 Å². The van der Waals surface area contributed by atoms with Crippen molar-refractivity contribution < 1.29 is 28.2 Å². The molecule has 3 N–H and O–H groups in total. The van der Waals surface area contributed by atoms with Crippen LogP contribution in [0.2, 0.25) is 0 Å². The van der Waals surface area contributed by atoms with Crippen LogP contribution in [0.25, 0.3) is 0 Å². The van der Waals surface area contributed by atoms with E-state index in [0.29, 0.717) is 23.7 Å².